The monoisotopic (exact) mass is 289 g/mol. The van der Waals surface area contributed by atoms with Gasteiger partial charge in [-0.25, -0.2) is 4.98 Å². The Kier molecular flexibility index (Phi) is 3.61. The van der Waals surface area contributed by atoms with Crippen molar-refractivity contribution in [3.05, 3.63) is 40.1 Å². The topological polar surface area (TPSA) is 38.1 Å². The molecule has 1 aliphatic heterocycles. The van der Waals surface area contributed by atoms with Crippen LogP contribution in [0.2, 0.25) is 0 Å². The molecular weight excluding hydrogens is 270 g/mol. The van der Waals surface area contributed by atoms with E-state index in [1.807, 2.05) is 28.6 Å². The summed E-state index contributed by atoms with van der Waals surface area (Å²) in [5.41, 5.74) is 1.21. The molecule has 106 valence electrons. The number of aryl methyl sites for hydroxylation is 2. The molecular formula is C15H19N3OS. The van der Waals surface area contributed by atoms with Crippen molar-refractivity contribution in [2.24, 2.45) is 0 Å². The zero-order chi connectivity index (χ0) is 14.1. The van der Waals surface area contributed by atoms with Crippen LogP contribution < -0.4 is 0 Å². The number of likely N-dealkylation sites (tertiary alicyclic amines) is 1. The van der Waals surface area contributed by atoms with E-state index in [0.717, 1.165) is 36.6 Å². The zero-order valence-electron chi connectivity index (χ0n) is 11.9. The van der Waals surface area contributed by atoms with Crippen LogP contribution in [0.1, 0.15) is 40.1 Å². The molecule has 0 aliphatic carbocycles. The Morgan fingerprint density at radius 1 is 1.35 bits per heavy atom. The first-order valence-electron chi connectivity index (χ1n) is 7.00. The summed E-state index contributed by atoms with van der Waals surface area (Å²) in [4.78, 5) is 19.5. The summed E-state index contributed by atoms with van der Waals surface area (Å²) >= 11 is 1.52. The van der Waals surface area contributed by atoms with Gasteiger partial charge in [-0.15, -0.1) is 11.3 Å². The predicted octanol–water partition coefficient (Wildman–Crippen LogP) is 3.04. The number of aromatic nitrogens is 2. The Hall–Kier alpha value is -1.62. The lowest BCUT2D eigenvalue weighted by Crippen LogP contribution is -2.39. The van der Waals surface area contributed by atoms with E-state index in [1.54, 1.807) is 0 Å². The van der Waals surface area contributed by atoms with Crippen molar-refractivity contribution < 1.29 is 4.79 Å². The number of carbonyl (C=O) groups is 1. The number of amides is 1. The molecule has 0 spiro atoms. The molecule has 0 radical (unpaired) electrons. The van der Waals surface area contributed by atoms with Gasteiger partial charge in [-0.1, -0.05) is 6.07 Å². The van der Waals surface area contributed by atoms with E-state index in [0.29, 0.717) is 6.04 Å². The molecule has 1 saturated heterocycles. The maximum absolute atomic E-state index is 12.3. The van der Waals surface area contributed by atoms with Gasteiger partial charge in [0.2, 0.25) is 0 Å². The molecule has 0 aromatic carbocycles. The molecule has 4 nitrogen and oxygen atoms in total. The van der Waals surface area contributed by atoms with Gasteiger partial charge in [-0.2, -0.15) is 0 Å². The molecule has 1 fully saturated rings. The second kappa shape index (κ2) is 5.40. The summed E-state index contributed by atoms with van der Waals surface area (Å²) in [7, 11) is 0. The van der Waals surface area contributed by atoms with Crippen LogP contribution in [0.15, 0.2) is 23.7 Å². The number of carbonyl (C=O) groups excluding carboxylic acids is 1. The normalized spacial score (nSPS) is 16.6. The number of thiophene rings is 1. The van der Waals surface area contributed by atoms with Crippen molar-refractivity contribution in [2.45, 2.75) is 32.7 Å². The van der Waals surface area contributed by atoms with E-state index in [-0.39, 0.29) is 5.91 Å². The van der Waals surface area contributed by atoms with E-state index < -0.39 is 0 Å². The summed E-state index contributed by atoms with van der Waals surface area (Å²) in [5.74, 6) is 1.25. The van der Waals surface area contributed by atoms with Crippen molar-refractivity contribution in [1.29, 1.82) is 0 Å². The molecule has 1 aliphatic rings. The number of hydrogen-bond donors (Lipinski definition) is 0. The Labute approximate surface area is 123 Å². The van der Waals surface area contributed by atoms with Crippen LogP contribution in [-0.2, 0) is 0 Å². The van der Waals surface area contributed by atoms with E-state index in [9.17, 15) is 4.79 Å². The zero-order valence-corrected chi connectivity index (χ0v) is 12.7. The van der Waals surface area contributed by atoms with E-state index >= 15 is 0 Å². The molecule has 20 heavy (non-hydrogen) atoms. The third-order valence-electron chi connectivity index (χ3n) is 4.02. The Morgan fingerprint density at radius 3 is 2.65 bits per heavy atom. The van der Waals surface area contributed by atoms with E-state index in [1.165, 1.54) is 17.0 Å². The summed E-state index contributed by atoms with van der Waals surface area (Å²) in [5, 5.41) is 1.96. The Balaban J connectivity index is 1.67. The van der Waals surface area contributed by atoms with Gasteiger partial charge < -0.3 is 9.47 Å². The SMILES string of the molecule is Cc1cnc(C)n1C1CCN(C(=O)c2cccs2)CC1. The van der Waals surface area contributed by atoms with Gasteiger partial charge in [0.1, 0.15) is 5.82 Å². The van der Waals surface area contributed by atoms with Crippen molar-refractivity contribution in [3.63, 3.8) is 0 Å². The largest absolute Gasteiger partial charge is 0.338 e. The molecule has 0 N–H and O–H groups in total. The number of nitrogens with zero attached hydrogens (tertiary/aromatic N) is 3. The van der Waals surface area contributed by atoms with Crippen LogP contribution in [0.5, 0.6) is 0 Å². The maximum atomic E-state index is 12.3. The fourth-order valence-electron chi connectivity index (χ4n) is 3.00. The van der Waals surface area contributed by atoms with Gasteiger partial charge in [-0.05, 0) is 38.1 Å². The lowest BCUT2D eigenvalue weighted by Gasteiger charge is -2.33. The quantitative estimate of drug-likeness (QED) is 0.852. The first-order chi connectivity index (χ1) is 9.66. The summed E-state index contributed by atoms with van der Waals surface area (Å²) in [6.07, 6.45) is 3.95. The van der Waals surface area contributed by atoms with Crippen molar-refractivity contribution in [2.75, 3.05) is 13.1 Å². The third kappa shape index (κ3) is 2.38. The molecule has 0 bridgehead atoms. The lowest BCUT2D eigenvalue weighted by molar-refractivity contribution is 0.0698. The van der Waals surface area contributed by atoms with Gasteiger partial charge in [-0.3, -0.25) is 4.79 Å². The van der Waals surface area contributed by atoms with Gasteiger partial charge in [0.25, 0.3) is 5.91 Å². The molecule has 2 aromatic rings. The maximum Gasteiger partial charge on any atom is 0.263 e. The first-order valence-corrected chi connectivity index (χ1v) is 7.88. The summed E-state index contributed by atoms with van der Waals surface area (Å²) < 4.78 is 2.31. The highest BCUT2D eigenvalue weighted by molar-refractivity contribution is 7.12. The molecule has 0 atom stereocenters. The Morgan fingerprint density at radius 2 is 2.10 bits per heavy atom. The second-order valence-electron chi connectivity index (χ2n) is 5.32. The highest BCUT2D eigenvalue weighted by Crippen LogP contribution is 2.26. The van der Waals surface area contributed by atoms with Crippen LogP contribution >= 0.6 is 11.3 Å². The van der Waals surface area contributed by atoms with E-state index in [2.05, 4.69) is 23.4 Å². The van der Waals surface area contributed by atoms with Crippen LogP contribution in [0.25, 0.3) is 0 Å². The number of hydrogen-bond acceptors (Lipinski definition) is 3. The minimum atomic E-state index is 0.178. The first kappa shape index (κ1) is 13.4. The minimum absolute atomic E-state index is 0.178. The smallest absolute Gasteiger partial charge is 0.263 e. The third-order valence-corrected chi connectivity index (χ3v) is 4.87. The fraction of sp³-hybridized carbons (Fsp3) is 0.467. The summed E-state index contributed by atoms with van der Waals surface area (Å²) in [6, 6.07) is 4.32. The molecule has 2 aromatic heterocycles. The molecule has 3 heterocycles. The number of imidazole rings is 1. The van der Waals surface area contributed by atoms with Gasteiger partial charge in [0.15, 0.2) is 0 Å². The van der Waals surface area contributed by atoms with Gasteiger partial charge in [0, 0.05) is 31.0 Å². The molecule has 5 heteroatoms. The highest BCUT2D eigenvalue weighted by Gasteiger charge is 2.26. The highest BCUT2D eigenvalue weighted by atomic mass is 32.1. The van der Waals surface area contributed by atoms with E-state index in [4.69, 9.17) is 0 Å². The second-order valence-corrected chi connectivity index (χ2v) is 6.27. The molecule has 0 saturated carbocycles. The minimum Gasteiger partial charge on any atom is -0.338 e. The molecule has 3 rings (SSSR count). The molecule has 1 amide bonds. The lowest BCUT2D eigenvalue weighted by atomic mass is 10.0. The Bertz CT molecular complexity index is 575. The van der Waals surface area contributed by atoms with Crippen LogP contribution in [-0.4, -0.2) is 33.4 Å². The number of piperidine rings is 1. The van der Waals surface area contributed by atoms with Crippen molar-refractivity contribution >= 4 is 17.2 Å². The van der Waals surface area contributed by atoms with Crippen LogP contribution in [0.3, 0.4) is 0 Å². The van der Waals surface area contributed by atoms with Crippen LogP contribution in [0, 0.1) is 13.8 Å². The standard InChI is InChI=1S/C15H19N3OS/c1-11-10-16-12(2)18(11)13-5-7-17(8-6-13)15(19)14-4-3-9-20-14/h3-4,9-10,13H,5-8H2,1-2H3. The average Bonchev–Trinajstić information content (AvgIpc) is 3.09. The average molecular weight is 289 g/mol. The number of rotatable bonds is 2. The fourth-order valence-corrected chi connectivity index (χ4v) is 3.69. The predicted molar refractivity (Wildman–Crippen MR) is 80.2 cm³/mol. The van der Waals surface area contributed by atoms with Crippen molar-refractivity contribution in [3.8, 4) is 0 Å². The summed E-state index contributed by atoms with van der Waals surface area (Å²) in [6.45, 7) is 5.82. The van der Waals surface area contributed by atoms with Crippen molar-refractivity contribution in [1.82, 2.24) is 14.5 Å². The van der Waals surface area contributed by atoms with Gasteiger partial charge >= 0.3 is 0 Å². The van der Waals surface area contributed by atoms with Gasteiger partial charge in [0.05, 0.1) is 4.88 Å². The van der Waals surface area contributed by atoms with Crippen LogP contribution in [0.4, 0.5) is 0 Å². The molecule has 0 unspecified atom stereocenters.